The van der Waals surface area contributed by atoms with Crippen molar-refractivity contribution in [3.05, 3.63) is 63.3 Å². The lowest BCUT2D eigenvalue weighted by atomic mass is 9.74. The number of ether oxygens (including phenoxy) is 1. The third kappa shape index (κ3) is 4.58. The highest BCUT2D eigenvalue weighted by atomic mass is 35.5. The monoisotopic (exact) mass is 604 g/mol. The third-order valence-corrected chi connectivity index (χ3v) is 9.67. The zero-order chi connectivity index (χ0) is 28.6. The molecule has 2 saturated heterocycles. The van der Waals surface area contributed by atoms with Crippen molar-refractivity contribution < 1.29 is 17.5 Å². The molecule has 0 aliphatic carbocycles. The minimum absolute atomic E-state index is 0.122. The van der Waals surface area contributed by atoms with Crippen LogP contribution in [0.3, 0.4) is 0 Å². The van der Waals surface area contributed by atoms with E-state index in [0.29, 0.717) is 64.5 Å². The molecule has 1 N–H and O–H groups in total. The SMILES string of the molecule is Cc1cc2[nH]nc(-c3cnc(N4CC5(C4)CN(S(C)(=O)=O)C5)c(F)c3)c2cc1O[C@H](C)c1c(Cl)cnc(C)c1Cl. The molecule has 0 amide bonds. The fraction of sp³-hybridized carbons (Fsp3) is 0.370. The lowest BCUT2D eigenvalue weighted by Gasteiger charge is -2.59. The van der Waals surface area contributed by atoms with Crippen LogP contribution < -0.4 is 9.64 Å². The van der Waals surface area contributed by atoms with E-state index in [1.54, 1.807) is 12.4 Å². The summed E-state index contributed by atoms with van der Waals surface area (Å²) in [6, 6.07) is 5.21. The lowest BCUT2D eigenvalue weighted by Crippen LogP contribution is -2.73. The summed E-state index contributed by atoms with van der Waals surface area (Å²) in [6.45, 7) is 7.66. The predicted octanol–water partition coefficient (Wildman–Crippen LogP) is 5.30. The van der Waals surface area contributed by atoms with Crippen LogP contribution in [0.5, 0.6) is 5.75 Å². The third-order valence-electron chi connectivity index (χ3n) is 7.69. The van der Waals surface area contributed by atoms with Crippen molar-refractivity contribution >= 4 is 49.9 Å². The standard InChI is InChI=1S/C27H27Cl2FN6O3S/c1-14-5-21-18(7-22(14)39-16(3)23-19(28)9-31-15(2)24(23)29)25(34-33-21)17-6-20(30)26(32-8-17)35-10-27(11-35)12-36(13-27)40(4,37)38/h5-9,16H,10-13H2,1-4H3,(H,33,34)/t16-/m1/s1. The molecule has 0 saturated carbocycles. The van der Waals surface area contributed by atoms with Crippen molar-refractivity contribution in [2.75, 3.05) is 37.3 Å². The number of aromatic amines is 1. The summed E-state index contributed by atoms with van der Waals surface area (Å²) < 4.78 is 46.4. The molecule has 5 heterocycles. The smallest absolute Gasteiger partial charge is 0.211 e. The van der Waals surface area contributed by atoms with Crippen molar-refractivity contribution in [3.63, 3.8) is 0 Å². The Labute approximate surface area is 241 Å². The second-order valence-corrected chi connectivity index (χ2v) is 13.6. The van der Waals surface area contributed by atoms with Crippen LogP contribution in [0.25, 0.3) is 22.2 Å². The predicted molar refractivity (Wildman–Crippen MR) is 153 cm³/mol. The van der Waals surface area contributed by atoms with Gasteiger partial charge in [0.1, 0.15) is 17.5 Å². The first kappa shape index (κ1) is 27.2. The first-order valence-corrected chi connectivity index (χ1v) is 15.3. The number of rotatable bonds is 6. The fourth-order valence-electron chi connectivity index (χ4n) is 5.54. The molecule has 0 bridgehead atoms. The number of fused-ring (bicyclic) bond motifs is 1. The molecule has 0 unspecified atom stereocenters. The number of hydrogen-bond acceptors (Lipinski definition) is 7. The van der Waals surface area contributed by atoms with Gasteiger partial charge in [0.25, 0.3) is 0 Å². The van der Waals surface area contributed by atoms with E-state index in [4.69, 9.17) is 27.9 Å². The molecule has 9 nitrogen and oxygen atoms in total. The molecule has 210 valence electrons. The minimum Gasteiger partial charge on any atom is -0.486 e. The van der Waals surface area contributed by atoms with E-state index in [1.807, 2.05) is 37.8 Å². The van der Waals surface area contributed by atoms with Crippen LogP contribution >= 0.6 is 23.2 Å². The highest BCUT2D eigenvalue weighted by molar-refractivity contribution is 7.88. The van der Waals surface area contributed by atoms with Gasteiger partial charge in [-0.1, -0.05) is 23.2 Å². The zero-order valence-corrected chi connectivity index (χ0v) is 24.6. The average molecular weight is 606 g/mol. The lowest BCUT2D eigenvalue weighted by molar-refractivity contribution is 0.0390. The number of hydrogen-bond donors (Lipinski definition) is 1. The number of H-pyrrole nitrogens is 1. The van der Waals surface area contributed by atoms with Crippen molar-refractivity contribution in [2.24, 2.45) is 5.41 Å². The Kier molecular flexibility index (Phi) is 6.49. The van der Waals surface area contributed by atoms with Crippen LogP contribution in [0.1, 0.15) is 29.8 Å². The highest BCUT2D eigenvalue weighted by Crippen LogP contribution is 2.43. The molecule has 1 atom stereocenters. The van der Waals surface area contributed by atoms with E-state index in [9.17, 15) is 8.42 Å². The molecule has 0 radical (unpaired) electrons. The molecule has 4 aromatic rings. The second kappa shape index (κ2) is 9.54. The zero-order valence-electron chi connectivity index (χ0n) is 22.3. The van der Waals surface area contributed by atoms with Gasteiger partial charge in [0.2, 0.25) is 10.0 Å². The van der Waals surface area contributed by atoms with Crippen LogP contribution in [-0.2, 0) is 10.0 Å². The van der Waals surface area contributed by atoms with E-state index in [2.05, 4.69) is 20.2 Å². The van der Waals surface area contributed by atoms with Gasteiger partial charge in [-0.2, -0.15) is 5.10 Å². The Morgan fingerprint density at radius 1 is 1.10 bits per heavy atom. The molecule has 6 rings (SSSR count). The van der Waals surface area contributed by atoms with Gasteiger partial charge >= 0.3 is 0 Å². The number of nitrogens with zero attached hydrogens (tertiary/aromatic N) is 5. The summed E-state index contributed by atoms with van der Waals surface area (Å²) >= 11 is 12.9. The van der Waals surface area contributed by atoms with Gasteiger partial charge in [-0.25, -0.2) is 22.1 Å². The topological polar surface area (TPSA) is 104 Å². The quantitative estimate of drug-likeness (QED) is 0.318. The molecule has 1 aromatic carbocycles. The molecule has 13 heteroatoms. The largest absolute Gasteiger partial charge is 0.486 e. The summed E-state index contributed by atoms with van der Waals surface area (Å²) in [6.07, 6.45) is 3.92. The van der Waals surface area contributed by atoms with Gasteiger partial charge in [0.15, 0.2) is 11.6 Å². The Morgan fingerprint density at radius 2 is 1.82 bits per heavy atom. The van der Waals surface area contributed by atoms with Crippen molar-refractivity contribution in [1.82, 2.24) is 24.5 Å². The maximum Gasteiger partial charge on any atom is 0.211 e. The first-order valence-electron chi connectivity index (χ1n) is 12.7. The fourth-order valence-corrected chi connectivity index (χ4v) is 7.21. The Balaban J connectivity index is 1.24. The van der Waals surface area contributed by atoms with E-state index >= 15 is 4.39 Å². The molecule has 2 aliphatic rings. The molecule has 2 fully saturated rings. The van der Waals surface area contributed by atoms with Crippen molar-refractivity contribution in [3.8, 4) is 17.0 Å². The number of pyridine rings is 2. The van der Waals surface area contributed by atoms with Gasteiger partial charge in [0.05, 0.1) is 27.5 Å². The number of anilines is 1. The van der Waals surface area contributed by atoms with Gasteiger partial charge in [-0.3, -0.25) is 10.1 Å². The van der Waals surface area contributed by atoms with Gasteiger partial charge < -0.3 is 9.64 Å². The number of sulfonamides is 1. The number of aromatic nitrogens is 4. The van der Waals surface area contributed by atoms with Crippen LogP contribution in [0.15, 0.2) is 30.6 Å². The van der Waals surface area contributed by atoms with Gasteiger partial charge in [-0.15, -0.1) is 0 Å². The van der Waals surface area contributed by atoms with Crippen molar-refractivity contribution in [1.29, 1.82) is 0 Å². The second-order valence-electron chi connectivity index (χ2n) is 10.8. The van der Waals surface area contributed by atoms with E-state index in [0.717, 1.165) is 16.5 Å². The van der Waals surface area contributed by atoms with Crippen LogP contribution in [0.4, 0.5) is 10.2 Å². The van der Waals surface area contributed by atoms with E-state index in [1.165, 1.54) is 16.6 Å². The number of halogens is 3. The molecule has 40 heavy (non-hydrogen) atoms. The average Bonchev–Trinajstić information content (AvgIpc) is 3.22. The molecular weight excluding hydrogens is 578 g/mol. The summed E-state index contributed by atoms with van der Waals surface area (Å²) in [4.78, 5) is 10.4. The van der Waals surface area contributed by atoms with Gasteiger partial charge in [0, 0.05) is 60.5 Å². The Morgan fingerprint density at radius 3 is 2.50 bits per heavy atom. The normalized spacial score (nSPS) is 17.6. The Hall–Kier alpha value is -2.99. The van der Waals surface area contributed by atoms with Crippen molar-refractivity contribution in [2.45, 2.75) is 26.9 Å². The molecule has 3 aromatic heterocycles. The van der Waals surface area contributed by atoms with Gasteiger partial charge in [-0.05, 0) is 44.5 Å². The Bertz CT molecular complexity index is 1770. The summed E-state index contributed by atoms with van der Waals surface area (Å²) in [5.41, 5.74) is 3.92. The summed E-state index contributed by atoms with van der Waals surface area (Å²) in [5.74, 6) is 0.406. The minimum atomic E-state index is -3.19. The number of aryl methyl sites for hydroxylation is 2. The maximum atomic E-state index is 15.3. The van der Waals surface area contributed by atoms with Crippen LogP contribution in [0.2, 0.25) is 10.0 Å². The maximum absolute atomic E-state index is 15.3. The van der Waals surface area contributed by atoms with E-state index < -0.39 is 21.9 Å². The molecule has 2 aliphatic heterocycles. The number of nitrogens with one attached hydrogen (secondary N) is 1. The van der Waals surface area contributed by atoms with E-state index in [-0.39, 0.29) is 11.2 Å². The summed E-state index contributed by atoms with van der Waals surface area (Å²) in [5, 5.41) is 9.09. The van der Waals surface area contributed by atoms with Crippen LogP contribution in [-0.4, -0.2) is 65.3 Å². The highest BCUT2D eigenvalue weighted by Gasteiger charge is 2.55. The molecular formula is C27H27Cl2FN6O3S. The number of benzene rings is 1. The van der Waals surface area contributed by atoms with Crippen LogP contribution in [0, 0.1) is 25.1 Å². The first-order chi connectivity index (χ1) is 18.8. The molecule has 1 spiro atoms. The summed E-state index contributed by atoms with van der Waals surface area (Å²) in [7, 11) is -3.19.